The molecule has 0 bridgehead atoms. The number of nitrogens with one attached hydrogen (secondary N) is 2. The Kier molecular flexibility index (Phi) is 3.94. The summed E-state index contributed by atoms with van der Waals surface area (Å²) in [5.74, 6) is -0.277. The van der Waals surface area contributed by atoms with Crippen LogP contribution in [0.3, 0.4) is 0 Å². The van der Waals surface area contributed by atoms with E-state index >= 15 is 0 Å². The first-order valence-electron chi connectivity index (χ1n) is 5.96. The van der Waals surface area contributed by atoms with Gasteiger partial charge in [-0.25, -0.2) is 4.98 Å². The predicted molar refractivity (Wildman–Crippen MR) is 70.5 cm³/mol. The molecule has 0 fully saturated rings. The second-order valence-corrected chi connectivity index (χ2v) is 6.37. The molecule has 0 aliphatic heterocycles. The van der Waals surface area contributed by atoms with Crippen LogP contribution in [0, 0.1) is 5.41 Å². The summed E-state index contributed by atoms with van der Waals surface area (Å²) < 4.78 is 0. The third-order valence-electron chi connectivity index (χ3n) is 2.33. The minimum absolute atomic E-state index is 0.120. The number of amides is 1. The Morgan fingerprint density at radius 2 is 1.94 bits per heavy atom. The van der Waals surface area contributed by atoms with E-state index in [0.717, 1.165) is 12.6 Å². The molecule has 5 nitrogen and oxygen atoms in total. The lowest BCUT2D eigenvalue weighted by Crippen LogP contribution is -2.46. The zero-order valence-corrected chi connectivity index (χ0v) is 11.6. The zero-order chi connectivity index (χ0) is 14.0. The lowest BCUT2D eigenvalue weighted by molar-refractivity contribution is 0.0886. The van der Waals surface area contributed by atoms with Gasteiger partial charge in [-0.3, -0.25) is 9.59 Å². The number of aromatic amines is 1. The highest BCUT2D eigenvalue weighted by Crippen LogP contribution is 2.26. The van der Waals surface area contributed by atoms with E-state index in [0.29, 0.717) is 0 Å². The molecule has 1 aromatic rings. The van der Waals surface area contributed by atoms with Gasteiger partial charge in [0.15, 0.2) is 0 Å². The van der Waals surface area contributed by atoms with E-state index in [1.165, 1.54) is 6.20 Å². The first-order chi connectivity index (χ1) is 8.09. The van der Waals surface area contributed by atoms with Crippen molar-refractivity contribution in [3.63, 3.8) is 0 Å². The minimum atomic E-state index is -0.326. The molecular weight excluding hydrogens is 230 g/mol. The quantitative estimate of drug-likeness (QED) is 0.858. The largest absolute Gasteiger partial charge is 0.346 e. The monoisotopic (exact) mass is 251 g/mol. The zero-order valence-electron chi connectivity index (χ0n) is 11.6. The van der Waals surface area contributed by atoms with Crippen LogP contribution in [0.2, 0.25) is 0 Å². The first kappa shape index (κ1) is 14.4. The topological polar surface area (TPSA) is 74.8 Å². The van der Waals surface area contributed by atoms with E-state index in [-0.39, 0.29) is 28.1 Å². The second kappa shape index (κ2) is 4.92. The molecule has 0 saturated heterocycles. The maximum Gasteiger partial charge on any atom is 0.271 e. The van der Waals surface area contributed by atoms with E-state index in [1.54, 1.807) is 0 Å². The average molecular weight is 251 g/mol. The highest BCUT2D eigenvalue weighted by atomic mass is 16.2. The van der Waals surface area contributed by atoms with E-state index in [1.807, 2.05) is 13.8 Å². The van der Waals surface area contributed by atoms with Crippen molar-refractivity contribution in [1.82, 2.24) is 15.3 Å². The molecule has 0 unspecified atom stereocenters. The van der Waals surface area contributed by atoms with Crippen molar-refractivity contribution in [3.05, 3.63) is 28.4 Å². The van der Waals surface area contributed by atoms with Gasteiger partial charge in [0.1, 0.15) is 5.69 Å². The summed E-state index contributed by atoms with van der Waals surface area (Å²) >= 11 is 0. The van der Waals surface area contributed by atoms with Gasteiger partial charge in [-0.15, -0.1) is 0 Å². The third kappa shape index (κ3) is 4.69. The molecule has 0 aromatic carbocycles. The van der Waals surface area contributed by atoms with Crippen molar-refractivity contribution in [1.29, 1.82) is 0 Å². The Bertz CT molecular complexity index is 463. The molecule has 1 amide bonds. The molecule has 18 heavy (non-hydrogen) atoms. The smallest absolute Gasteiger partial charge is 0.271 e. The lowest BCUT2D eigenvalue weighted by atomic mass is 9.82. The molecule has 1 rings (SSSR count). The summed E-state index contributed by atoms with van der Waals surface area (Å²) in [5.41, 5.74) is -0.306. The molecule has 0 saturated carbocycles. The number of H-pyrrole nitrogens is 1. The SMILES string of the molecule is CC(C)(C)CC(C)(C)NC(=O)c1c[nH]c(=O)cn1. The van der Waals surface area contributed by atoms with Gasteiger partial charge in [0.25, 0.3) is 11.5 Å². The van der Waals surface area contributed by atoms with Gasteiger partial charge in [0.2, 0.25) is 0 Å². The molecule has 2 N–H and O–H groups in total. The summed E-state index contributed by atoms with van der Waals surface area (Å²) in [7, 11) is 0. The minimum Gasteiger partial charge on any atom is -0.346 e. The van der Waals surface area contributed by atoms with Crippen molar-refractivity contribution in [3.8, 4) is 0 Å². The predicted octanol–water partition coefficient (Wildman–Crippen LogP) is 1.71. The molecule has 0 aliphatic carbocycles. The van der Waals surface area contributed by atoms with Gasteiger partial charge in [0, 0.05) is 11.7 Å². The Hall–Kier alpha value is -1.65. The van der Waals surface area contributed by atoms with Crippen LogP contribution in [0.5, 0.6) is 0 Å². The lowest BCUT2D eigenvalue weighted by Gasteiger charge is -2.33. The maximum atomic E-state index is 12.0. The van der Waals surface area contributed by atoms with Gasteiger partial charge in [-0.05, 0) is 25.7 Å². The number of rotatable bonds is 3. The van der Waals surface area contributed by atoms with Gasteiger partial charge < -0.3 is 10.3 Å². The molecule has 100 valence electrons. The second-order valence-electron chi connectivity index (χ2n) is 6.37. The number of hydrogen-bond acceptors (Lipinski definition) is 3. The number of nitrogens with zero attached hydrogens (tertiary/aromatic N) is 1. The van der Waals surface area contributed by atoms with Crippen molar-refractivity contribution in [2.45, 2.75) is 46.6 Å². The van der Waals surface area contributed by atoms with Crippen LogP contribution in [0.4, 0.5) is 0 Å². The Labute approximate surface area is 107 Å². The highest BCUT2D eigenvalue weighted by Gasteiger charge is 2.27. The van der Waals surface area contributed by atoms with Crippen LogP contribution >= 0.6 is 0 Å². The Morgan fingerprint density at radius 3 is 2.39 bits per heavy atom. The summed E-state index contributed by atoms with van der Waals surface area (Å²) in [6, 6.07) is 0. The summed E-state index contributed by atoms with van der Waals surface area (Å²) in [5, 5.41) is 2.93. The van der Waals surface area contributed by atoms with E-state index < -0.39 is 0 Å². The normalized spacial score (nSPS) is 12.3. The van der Waals surface area contributed by atoms with Crippen LogP contribution in [0.25, 0.3) is 0 Å². The average Bonchev–Trinajstić information content (AvgIpc) is 2.13. The Morgan fingerprint density at radius 1 is 1.33 bits per heavy atom. The molecule has 0 spiro atoms. The van der Waals surface area contributed by atoms with Crippen molar-refractivity contribution in [2.75, 3.05) is 0 Å². The van der Waals surface area contributed by atoms with Crippen molar-refractivity contribution in [2.24, 2.45) is 5.41 Å². The van der Waals surface area contributed by atoms with E-state index in [2.05, 4.69) is 36.1 Å². The van der Waals surface area contributed by atoms with Crippen LogP contribution in [0.1, 0.15) is 51.5 Å². The third-order valence-corrected chi connectivity index (χ3v) is 2.33. The van der Waals surface area contributed by atoms with Crippen LogP contribution in [0.15, 0.2) is 17.2 Å². The first-order valence-corrected chi connectivity index (χ1v) is 5.96. The van der Waals surface area contributed by atoms with Gasteiger partial charge in [-0.2, -0.15) is 0 Å². The standard InChI is InChI=1S/C13H21N3O2/c1-12(2,3)8-13(4,5)16-11(18)9-6-15-10(17)7-14-9/h6-7H,8H2,1-5H3,(H,15,17)(H,16,18). The van der Waals surface area contributed by atoms with E-state index in [9.17, 15) is 9.59 Å². The van der Waals surface area contributed by atoms with Gasteiger partial charge >= 0.3 is 0 Å². The Balaban J connectivity index is 2.75. The number of carbonyl (C=O) groups excluding carboxylic acids is 1. The highest BCUT2D eigenvalue weighted by molar-refractivity contribution is 5.92. The van der Waals surface area contributed by atoms with Crippen LogP contribution in [-0.2, 0) is 0 Å². The molecular formula is C13H21N3O2. The molecule has 1 aromatic heterocycles. The van der Waals surface area contributed by atoms with Crippen LogP contribution < -0.4 is 10.9 Å². The molecule has 0 radical (unpaired) electrons. The van der Waals surface area contributed by atoms with Crippen molar-refractivity contribution < 1.29 is 4.79 Å². The van der Waals surface area contributed by atoms with Gasteiger partial charge in [0.05, 0.1) is 6.20 Å². The summed E-state index contributed by atoms with van der Waals surface area (Å²) in [6.07, 6.45) is 3.27. The fourth-order valence-corrected chi connectivity index (χ4v) is 2.21. The van der Waals surface area contributed by atoms with Crippen LogP contribution in [-0.4, -0.2) is 21.4 Å². The number of hydrogen-bond donors (Lipinski definition) is 2. The van der Waals surface area contributed by atoms with E-state index in [4.69, 9.17) is 0 Å². The molecule has 5 heteroatoms. The fraction of sp³-hybridized carbons (Fsp3) is 0.615. The summed E-state index contributed by atoms with van der Waals surface area (Å²) in [6.45, 7) is 10.3. The van der Waals surface area contributed by atoms with Gasteiger partial charge in [-0.1, -0.05) is 20.8 Å². The number of carbonyl (C=O) groups is 1. The summed E-state index contributed by atoms with van der Waals surface area (Å²) in [4.78, 5) is 29.1. The fourth-order valence-electron chi connectivity index (χ4n) is 2.21. The molecule has 0 atom stereocenters. The maximum absolute atomic E-state index is 12.0. The number of aromatic nitrogens is 2. The van der Waals surface area contributed by atoms with Crippen molar-refractivity contribution >= 4 is 5.91 Å². The molecule has 1 heterocycles. The molecule has 0 aliphatic rings.